The molecule has 1 nitrogen and oxygen atoms in total. The molecule has 12 heavy (non-hydrogen) atoms. The summed E-state index contributed by atoms with van der Waals surface area (Å²) < 4.78 is 0. The Morgan fingerprint density at radius 1 is 1.50 bits per heavy atom. The van der Waals surface area contributed by atoms with Crippen molar-refractivity contribution in [1.82, 2.24) is 0 Å². The molecule has 0 aromatic heterocycles. The third-order valence-corrected chi connectivity index (χ3v) is 1.67. The van der Waals surface area contributed by atoms with E-state index < -0.39 is 0 Å². The van der Waals surface area contributed by atoms with Gasteiger partial charge in [-0.15, -0.1) is 0 Å². The smallest absolute Gasteiger partial charge is 0.0491 e. The molecule has 0 rings (SSSR count). The summed E-state index contributed by atoms with van der Waals surface area (Å²) in [6.07, 6.45) is 8.72. The van der Waals surface area contributed by atoms with Crippen molar-refractivity contribution in [2.75, 3.05) is 6.61 Å². The highest BCUT2D eigenvalue weighted by atomic mass is 16.3. The lowest BCUT2D eigenvalue weighted by molar-refractivity contribution is 0.261. The molecule has 0 aliphatic heterocycles. The average molecular weight is 168 g/mol. The maximum atomic E-state index is 8.79. The van der Waals surface area contributed by atoms with Gasteiger partial charge in [-0.3, -0.25) is 0 Å². The fourth-order valence-corrected chi connectivity index (χ4v) is 0.993. The summed E-state index contributed by atoms with van der Waals surface area (Å²) in [6, 6.07) is 0. The number of aliphatic hydroxyl groups excluding tert-OH is 1. The molecule has 0 aliphatic carbocycles. The monoisotopic (exact) mass is 168 g/mol. The van der Waals surface area contributed by atoms with E-state index in [4.69, 9.17) is 5.11 Å². The highest BCUT2D eigenvalue weighted by molar-refractivity contribution is 5.16. The Bertz CT molecular complexity index is 156. The van der Waals surface area contributed by atoms with Crippen LogP contribution in [0, 0.1) is 5.92 Å². The Morgan fingerprint density at radius 3 is 2.67 bits per heavy atom. The van der Waals surface area contributed by atoms with E-state index in [-0.39, 0.29) is 12.5 Å². The van der Waals surface area contributed by atoms with Crippen molar-refractivity contribution < 1.29 is 5.11 Å². The van der Waals surface area contributed by atoms with Crippen LogP contribution < -0.4 is 0 Å². The predicted octanol–water partition coefficient (Wildman–Crippen LogP) is 2.92. The number of hydrogen-bond donors (Lipinski definition) is 1. The highest BCUT2D eigenvalue weighted by Gasteiger charge is 1.92. The minimum Gasteiger partial charge on any atom is -0.396 e. The van der Waals surface area contributed by atoms with Gasteiger partial charge in [0.05, 0.1) is 0 Å². The third-order valence-electron chi connectivity index (χ3n) is 1.67. The van der Waals surface area contributed by atoms with Crippen LogP contribution >= 0.6 is 0 Å². The SMILES string of the molecule is CCC/C=C/C(C)=C\[C@H](C)CO. The molecule has 0 radical (unpaired) electrons. The fourth-order valence-electron chi connectivity index (χ4n) is 0.993. The van der Waals surface area contributed by atoms with Crippen molar-refractivity contribution >= 4 is 0 Å². The molecule has 0 bridgehead atoms. The summed E-state index contributed by atoms with van der Waals surface area (Å²) in [5.41, 5.74) is 1.24. The largest absolute Gasteiger partial charge is 0.396 e. The van der Waals surface area contributed by atoms with Crippen LogP contribution in [0.4, 0.5) is 0 Å². The Balaban J connectivity index is 3.84. The van der Waals surface area contributed by atoms with E-state index in [1.807, 2.05) is 6.92 Å². The van der Waals surface area contributed by atoms with Crippen LogP contribution in [0.1, 0.15) is 33.6 Å². The van der Waals surface area contributed by atoms with E-state index in [1.54, 1.807) is 0 Å². The number of hydrogen-bond acceptors (Lipinski definition) is 1. The van der Waals surface area contributed by atoms with Crippen LogP contribution in [0.25, 0.3) is 0 Å². The molecule has 70 valence electrons. The van der Waals surface area contributed by atoms with Gasteiger partial charge in [-0.05, 0) is 19.3 Å². The lowest BCUT2D eigenvalue weighted by atomic mass is 10.1. The molecule has 1 heteroatoms. The first-order valence-corrected chi connectivity index (χ1v) is 4.66. The van der Waals surface area contributed by atoms with Gasteiger partial charge in [-0.2, -0.15) is 0 Å². The van der Waals surface area contributed by atoms with E-state index in [0.29, 0.717) is 0 Å². The number of allylic oxidation sites excluding steroid dienone is 3. The van der Waals surface area contributed by atoms with E-state index >= 15 is 0 Å². The van der Waals surface area contributed by atoms with Crippen LogP contribution in [-0.2, 0) is 0 Å². The van der Waals surface area contributed by atoms with Crippen molar-refractivity contribution in [3.05, 3.63) is 23.8 Å². The lowest BCUT2D eigenvalue weighted by Crippen LogP contribution is -1.95. The summed E-state index contributed by atoms with van der Waals surface area (Å²) in [5, 5.41) is 8.79. The maximum absolute atomic E-state index is 8.79. The van der Waals surface area contributed by atoms with Crippen LogP contribution in [0.3, 0.4) is 0 Å². The molecule has 0 unspecified atom stereocenters. The first-order chi connectivity index (χ1) is 5.70. The van der Waals surface area contributed by atoms with Gasteiger partial charge in [0, 0.05) is 6.61 Å². The maximum Gasteiger partial charge on any atom is 0.0491 e. The summed E-state index contributed by atoms with van der Waals surface area (Å²) in [4.78, 5) is 0. The van der Waals surface area contributed by atoms with Gasteiger partial charge in [0.25, 0.3) is 0 Å². The van der Waals surface area contributed by atoms with E-state index in [1.165, 1.54) is 12.0 Å². The Labute approximate surface area is 75.8 Å². The average Bonchev–Trinajstić information content (AvgIpc) is 2.05. The van der Waals surface area contributed by atoms with Crippen molar-refractivity contribution in [2.24, 2.45) is 5.92 Å². The molecular weight excluding hydrogens is 148 g/mol. The van der Waals surface area contributed by atoms with Gasteiger partial charge < -0.3 is 5.11 Å². The molecule has 1 atom stereocenters. The van der Waals surface area contributed by atoms with E-state index in [0.717, 1.165) is 6.42 Å². The Morgan fingerprint density at radius 2 is 2.17 bits per heavy atom. The molecule has 0 spiro atoms. The lowest BCUT2D eigenvalue weighted by Gasteiger charge is -2.00. The van der Waals surface area contributed by atoms with Gasteiger partial charge in [0.15, 0.2) is 0 Å². The second-order valence-corrected chi connectivity index (χ2v) is 3.26. The van der Waals surface area contributed by atoms with E-state index in [2.05, 4.69) is 32.1 Å². The fraction of sp³-hybridized carbons (Fsp3) is 0.636. The molecule has 0 aromatic rings. The van der Waals surface area contributed by atoms with Gasteiger partial charge in [-0.25, -0.2) is 0 Å². The first kappa shape index (κ1) is 11.4. The molecule has 0 amide bonds. The van der Waals surface area contributed by atoms with E-state index in [9.17, 15) is 0 Å². The number of aliphatic hydroxyl groups is 1. The summed E-state index contributed by atoms with van der Waals surface area (Å²) in [7, 11) is 0. The highest BCUT2D eigenvalue weighted by Crippen LogP contribution is 2.04. The predicted molar refractivity (Wildman–Crippen MR) is 54.1 cm³/mol. The Hall–Kier alpha value is -0.560. The zero-order chi connectivity index (χ0) is 9.40. The normalized spacial score (nSPS) is 15.5. The quantitative estimate of drug-likeness (QED) is 0.626. The second-order valence-electron chi connectivity index (χ2n) is 3.26. The summed E-state index contributed by atoms with van der Waals surface area (Å²) in [6.45, 7) is 6.48. The minimum atomic E-state index is 0.235. The van der Waals surface area contributed by atoms with Crippen molar-refractivity contribution in [3.63, 3.8) is 0 Å². The molecule has 1 N–H and O–H groups in total. The molecule has 0 saturated heterocycles. The Kier molecular flexibility index (Phi) is 6.78. The molecule has 0 heterocycles. The first-order valence-electron chi connectivity index (χ1n) is 4.66. The molecule has 0 aromatic carbocycles. The molecular formula is C11H20O. The van der Waals surface area contributed by atoms with Crippen molar-refractivity contribution in [1.29, 1.82) is 0 Å². The zero-order valence-electron chi connectivity index (χ0n) is 8.38. The van der Waals surface area contributed by atoms with Gasteiger partial charge in [0.1, 0.15) is 0 Å². The minimum absolute atomic E-state index is 0.235. The molecule has 0 aliphatic rings. The third kappa shape index (κ3) is 6.17. The van der Waals surface area contributed by atoms with Crippen molar-refractivity contribution in [2.45, 2.75) is 33.6 Å². The second kappa shape index (κ2) is 7.11. The van der Waals surface area contributed by atoms with Crippen LogP contribution in [0.5, 0.6) is 0 Å². The van der Waals surface area contributed by atoms with Crippen molar-refractivity contribution in [3.8, 4) is 0 Å². The van der Waals surface area contributed by atoms with Gasteiger partial charge >= 0.3 is 0 Å². The topological polar surface area (TPSA) is 20.2 Å². The van der Waals surface area contributed by atoms with Crippen LogP contribution in [-0.4, -0.2) is 11.7 Å². The molecule has 0 fully saturated rings. The molecule has 0 saturated carbocycles. The van der Waals surface area contributed by atoms with Crippen LogP contribution in [0.2, 0.25) is 0 Å². The standard InChI is InChI=1S/C11H20O/c1-4-5-6-7-10(2)8-11(3)9-12/h6-8,11-12H,4-5,9H2,1-3H3/b7-6+,10-8-/t11-/m0/s1. The number of unbranched alkanes of at least 4 members (excludes halogenated alkanes) is 1. The number of rotatable bonds is 5. The zero-order valence-corrected chi connectivity index (χ0v) is 8.38. The summed E-state index contributed by atoms with van der Waals surface area (Å²) in [5.74, 6) is 0.274. The van der Waals surface area contributed by atoms with Crippen LogP contribution in [0.15, 0.2) is 23.8 Å². The summed E-state index contributed by atoms with van der Waals surface area (Å²) >= 11 is 0. The van der Waals surface area contributed by atoms with Gasteiger partial charge in [-0.1, -0.05) is 44.1 Å². The van der Waals surface area contributed by atoms with Gasteiger partial charge in [0.2, 0.25) is 0 Å².